The Balaban J connectivity index is 1.24. The zero-order valence-corrected chi connectivity index (χ0v) is 14.9. The highest BCUT2D eigenvalue weighted by Gasteiger charge is 2.29. The van der Waals surface area contributed by atoms with Crippen LogP contribution in [-0.2, 0) is 22.6 Å². The summed E-state index contributed by atoms with van der Waals surface area (Å²) in [4.78, 5) is 20.2. The van der Waals surface area contributed by atoms with Crippen LogP contribution in [0.25, 0.3) is 0 Å². The van der Waals surface area contributed by atoms with Gasteiger partial charge in [0.25, 0.3) is 0 Å². The molecule has 1 saturated carbocycles. The van der Waals surface area contributed by atoms with Gasteiger partial charge < -0.3 is 14.8 Å². The maximum absolute atomic E-state index is 12.8. The first-order valence-corrected chi connectivity index (χ1v) is 9.30. The Morgan fingerprint density at radius 1 is 1.11 bits per heavy atom. The lowest BCUT2D eigenvalue weighted by atomic mass is 9.92. The van der Waals surface area contributed by atoms with Gasteiger partial charge >= 0.3 is 6.01 Å². The molecule has 0 bridgehead atoms. The highest BCUT2D eigenvalue weighted by Crippen LogP contribution is 2.24. The number of halogens is 1. The first kappa shape index (κ1) is 17.9. The van der Waals surface area contributed by atoms with Crippen molar-refractivity contribution in [1.82, 2.24) is 15.3 Å². The second-order valence-corrected chi connectivity index (χ2v) is 7.06. The molecule has 2 aromatic rings. The number of nitrogens with one attached hydrogen (secondary N) is 1. The van der Waals surface area contributed by atoms with E-state index in [0.29, 0.717) is 13.0 Å². The van der Waals surface area contributed by atoms with Crippen molar-refractivity contribution in [2.24, 2.45) is 0 Å². The third-order valence-corrected chi connectivity index (χ3v) is 5.15. The lowest BCUT2D eigenvalue weighted by Gasteiger charge is -2.31. The maximum Gasteiger partial charge on any atom is 0.316 e. The summed E-state index contributed by atoms with van der Waals surface area (Å²) in [6.07, 6.45) is 5.58. The maximum atomic E-state index is 12.8. The second-order valence-electron chi connectivity index (χ2n) is 7.06. The molecule has 1 unspecified atom stereocenters. The SMILES string of the molecule is O=C(NC1CCC(Oc2ncc(F)cn2)CC1)C1Cc2ccccc2CO1. The summed E-state index contributed by atoms with van der Waals surface area (Å²) in [6, 6.07) is 8.38. The van der Waals surface area contributed by atoms with Crippen molar-refractivity contribution < 1.29 is 18.7 Å². The summed E-state index contributed by atoms with van der Waals surface area (Å²) >= 11 is 0. The molecule has 0 spiro atoms. The summed E-state index contributed by atoms with van der Waals surface area (Å²) in [6.45, 7) is 0.479. The molecule has 7 heteroatoms. The number of carbonyl (C=O) groups is 1. The van der Waals surface area contributed by atoms with Crippen LogP contribution in [0.15, 0.2) is 36.7 Å². The van der Waals surface area contributed by atoms with Gasteiger partial charge in [-0.05, 0) is 36.8 Å². The van der Waals surface area contributed by atoms with Crippen LogP contribution in [0, 0.1) is 5.82 Å². The highest BCUT2D eigenvalue weighted by molar-refractivity contribution is 5.81. The molecule has 6 nitrogen and oxygen atoms in total. The van der Waals surface area contributed by atoms with Crippen LogP contribution in [-0.4, -0.2) is 34.1 Å². The van der Waals surface area contributed by atoms with Crippen LogP contribution in [0.3, 0.4) is 0 Å². The fourth-order valence-corrected chi connectivity index (χ4v) is 3.64. The van der Waals surface area contributed by atoms with Crippen molar-refractivity contribution in [2.45, 2.75) is 57.0 Å². The highest BCUT2D eigenvalue weighted by atomic mass is 19.1. The Bertz CT molecular complexity index is 791. The quantitative estimate of drug-likeness (QED) is 0.894. The van der Waals surface area contributed by atoms with E-state index < -0.39 is 11.9 Å². The van der Waals surface area contributed by atoms with E-state index in [0.717, 1.165) is 43.6 Å². The van der Waals surface area contributed by atoms with Crippen molar-refractivity contribution >= 4 is 5.91 Å². The van der Waals surface area contributed by atoms with E-state index in [9.17, 15) is 9.18 Å². The van der Waals surface area contributed by atoms with E-state index in [4.69, 9.17) is 9.47 Å². The third-order valence-electron chi connectivity index (χ3n) is 5.15. The normalized spacial score (nSPS) is 24.7. The molecular formula is C20H22FN3O3. The van der Waals surface area contributed by atoms with Gasteiger partial charge in [0.2, 0.25) is 5.91 Å². The van der Waals surface area contributed by atoms with Gasteiger partial charge in [-0.25, -0.2) is 14.4 Å². The minimum absolute atomic E-state index is 0.0126. The van der Waals surface area contributed by atoms with E-state index >= 15 is 0 Å². The second kappa shape index (κ2) is 8.00. The van der Waals surface area contributed by atoms with Crippen LogP contribution < -0.4 is 10.1 Å². The number of amides is 1. The van der Waals surface area contributed by atoms with E-state index in [-0.39, 0.29) is 24.1 Å². The lowest BCUT2D eigenvalue weighted by molar-refractivity contribution is -0.135. The molecule has 1 atom stereocenters. The van der Waals surface area contributed by atoms with Crippen molar-refractivity contribution in [3.8, 4) is 6.01 Å². The van der Waals surface area contributed by atoms with Crippen LogP contribution in [0.2, 0.25) is 0 Å². The number of hydrogen-bond donors (Lipinski definition) is 1. The average molecular weight is 371 g/mol. The van der Waals surface area contributed by atoms with Gasteiger partial charge in [-0.2, -0.15) is 0 Å². The summed E-state index contributed by atoms with van der Waals surface area (Å²) in [7, 11) is 0. The van der Waals surface area contributed by atoms with E-state index in [1.807, 2.05) is 18.2 Å². The van der Waals surface area contributed by atoms with Crippen molar-refractivity contribution in [3.05, 3.63) is 53.6 Å². The smallest absolute Gasteiger partial charge is 0.316 e. The van der Waals surface area contributed by atoms with Crippen LogP contribution in [0.4, 0.5) is 4.39 Å². The third kappa shape index (κ3) is 4.42. The molecular weight excluding hydrogens is 349 g/mol. The zero-order chi connectivity index (χ0) is 18.6. The van der Waals surface area contributed by atoms with Crippen molar-refractivity contribution in [1.29, 1.82) is 0 Å². The Morgan fingerprint density at radius 2 is 1.81 bits per heavy atom. The standard InChI is InChI=1S/C20H22FN3O3/c21-15-10-22-20(23-11-15)27-17-7-5-16(6-8-17)24-19(25)18-9-13-3-1-2-4-14(13)12-26-18/h1-4,10-11,16-18H,5-9,12H2,(H,24,25). The summed E-state index contributed by atoms with van der Waals surface area (Å²) in [5, 5.41) is 3.11. The predicted molar refractivity (Wildman–Crippen MR) is 95.5 cm³/mol. The number of fused-ring (bicyclic) bond motifs is 1. The van der Waals surface area contributed by atoms with Gasteiger partial charge in [0, 0.05) is 12.5 Å². The van der Waals surface area contributed by atoms with Crippen molar-refractivity contribution in [2.75, 3.05) is 0 Å². The summed E-state index contributed by atoms with van der Waals surface area (Å²) in [5.41, 5.74) is 2.34. The first-order chi connectivity index (χ1) is 13.2. The van der Waals surface area contributed by atoms with E-state index in [2.05, 4.69) is 21.4 Å². The van der Waals surface area contributed by atoms with Gasteiger partial charge in [-0.3, -0.25) is 4.79 Å². The largest absolute Gasteiger partial charge is 0.460 e. The number of nitrogens with zero attached hydrogens (tertiary/aromatic N) is 2. The van der Waals surface area contributed by atoms with Crippen LogP contribution >= 0.6 is 0 Å². The van der Waals surface area contributed by atoms with E-state index in [1.54, 1.807) is 0 Å². The number of rotatable bonds is 4. The Morgan fingerprint density at radius 3 is 2.56 bits per heavy atom. The molecule has 1 aromatic carbocycles. The number of benzene rings is 1. The molecule has 1 fully saturated rings. The minimum Gasteiger partial charge on any atom is -0.460 e. The van der Waals surface area contributed by atoms with Gasteiger partial charge in [-0.1, -0.05) is 24.3 Å². The molecule has 1 aromatic heterocycles. The predicted octanol–water partition coefficient (Wildman–Crippen LogP) is 2.56. The summed E-state index contributed by atoms with van der Waals surface area (Å²) in [5.74, 6) is -0.530. The molecule has 0 saturated heterocycles. The number of aromatic nitrogens is 2. The molecule has 1 aliphatic heterocycles. The number of ether oxygens (including phenoxy) is 2. The minimum atomic E-state index is -0.485. The molecule has 1 N–H and O–H groups in total. The topological polar surface area (TPSA) is 73.3 Å². The first-order valence-electron chi connectivity index (χ1n) is 9.30. The van der Waals surface area contributed by atoms with Crippen molar-refractivity contribution in [3.63, 3.8) is 0 Å². The number of carbonyl (C=O) groups excluding carboxylic acids is 1. The van der Waals surface area contributed by atoms with Gasteiger partial charge in [0.05, 0.1) is 19.0 Å². The molecule has 0 radical (unpaired) electrons. The summed E-state index contributed by atoms with van der Waals surface area (Å²) < 4.78 is 24.3. The average Bonchev–Trinajstić information content (AvgIpc) is 2.71. The molecule has 142 valence electrons. The zero-order valence-electron chi connectivity index (χ0n) is 14.9. The van der Waals surface area contributed by atoms with Gasteiger partial charge in [-0.15, -0.1) is 0 Å². The monoisotopic (exact) mass is 371 g/mol. The van der Waals surface area contributed by atoms with Gasteiger partial charge in [0.1, 0.15) is 12.2 Å². The molecule has 1 amide bonds. The lowest BCUT2D eigenvalue weighted by Crippen LogP contribution is -2.46. The Labute approximate surface area is 157 Å². The number of hydrogen-bond acceptors (Lipinski definition) is 5. The molecule has 2 aliphatic rings. The molecule has 1 aliphatic carbocycles. The molecule has 2 heterocycles. The van der Waals surface area contributed by atoms with E-state index in [1.165, 1.54) is 5.56 Å². The van der Waals surface area contributed by atoms with Crippen LogP contribution in [0.1, 0.15) is 36.8 Å². The van der Waals surface area contributed by atoms with Gasteiger partial charge in [0.15, 0.2) is 5.82 Å². The molecule has 4 rings (SSSR count). The van der Waals surface area contributed by atoms with Crippen LogP contribution in [0.5, 0.6) is 6.01 Å². The molecule has 27 heavy (non-hydrogen) atoms. The Kier molecular flexibility index (Phi) is 5.29. The fourth-order valence-electron chi connectivity index (χ4n) is 3.64. The fraction of sp³-hybridized carbons (Fsp3) is 0.450. The Hall–Kier alpha value is -2.54.